The molecule has 2 aromatic carbocycles. The van der Waals surface area contributed by atoms with Crippen LogP contribution < -0.4 is 5.32 Å². The van der Waals surface area contributed by atoms with Gasteiger partial charge in [-0.25, -0.2) is 8.78 Å². The summed E-state index contributed by atoms with van der Waals surface area (Å²) in [6.07, 6.45) is 0.593. The van der Waals surface area contributed by atoms with Gasteiger partial charge in [-0.1, -0.05) is 39.7 Å². The van der Waals surface area contributed by atoms with Gasteiger partial charge in [-0.15, -0.1) is 0 Å². The monoisotopic (exact) mass is 339 g/mol. The Labute approximate surface area is 126 Å². The molecule has 1 N–H and O–H groups in total. The first-order valence-electron chi connectivity index (χ1n) is 6.38. The zero-order valence-corrected chi connectivity index (χ0v) is 13.0. The van der Waals surface area contributed by atoms with E-state index in [-0.39, 0.29) is 6.04 Å². The van der Waals surface area contributed by atoms with Gasteiger partial charge in [0.05, 0.1) is 0 Å². The summed E-state index contributed by atoms with van der Waals surface area (Å²) in [5.41, 5.74) is 3.03. The maximum absolute atomic E-state index is 13.3. The number of aryl methyl sites for hydroxylation is 1. The second-order valence-corrected chi connectivity index (χ2v) is 5.67. The molecule has 0 spiro atoms. The standard InChI is InChI=1S/C16H16BrF2N/c1-10-3-5-13(17)12(7-10)16(20-2)9-11-4-6-14(18)15(19)8-11/h3-8,16,20H,9H2,1-2H3. The quantitative estimate of drug-likeness (QED) is 0.862. The van der Waals surface area contributed by atoms with E-state index < -0.39 is 11.6 Å². The molecule has 0 amide bonds. The van der Waals surface area contributed by atoms with E-state index in [2.05, 4.69) is 27.3 Å². The molecule has 1 atom stereocenters. The SMILES string of the molecule is CNC(Cc1ccc(F)c(F)c1)c1cc(C)ccc1Br. The van der Waals surface area contributed by atoms with Gasteiger partial charge >= 0.3 is 0 Å². The molecule has 106 valence electrons. The van der Waals surface area contributed by atoms with Gasteiger partial charge < -0.3 is 5.32 Å². The van der Waals surface area contributed by atoms with Gasteiger partial charge in [-0.3, -0.25) is 0 Å². The number of hydrogen-bond acceptors (Lipinski definition) is 1. The summed E-state index contributed by atoms with van der Waals surface area (Å²) < 4.78 is 27.2. The normalized spacial score (nSPS) is 12.4. The minimum atomic E-state index is -0.813. The van der Waals surface area contributed by atoms with Crippen LogP contribution in [0.25, 0.3) is 0 Å². The van der Waals surface area contributed by atoms with Gasteiger partial charge in [-0.05, 0) is 49.7 Å². The highest BCUT2D eigenvalue weighted by Crippen LogP contribution is 2.27. The van der Waals surface area contributed by atoms with Gasteiger partial charge in [0, 0.05) is 10.5 Å². The maximum Gasteiger partial charge on any atom is 0.159 e. The maximum atomic E-state index is 13.3. The summed E-state index contributed by atoms with van der Waals surface area (Å²) in [5.74, 6) is -1.62. The fraction of sp³-hybridized carbons (Fsp3) is 0.250. The van der Waals surface area contributed by atoms with E-state index in [4.69, 9.17) is 0 Å². The van der Waals surface area contributed by atoms with Crippen molar-refractivity contribution in [1.82, 2.24) is 5.32 Å². The van der Waals surface area contributed by atoms with Gasteiger partial charge in [0.15, 0.2) is 11.6 Å². The van der Waals surface area contributed by atoms with E-state index in [0.29, 0.717) is 6.42 Å². The third-order valence-corrected chi connectivity index (χ3v) is 4.02. The van der Waals surface area contributed by atoms with E-state index in [0.717, 1.165) is 21.2 Å². The summed E-state index contributed by atoms with van der Waals surface area (Å²) in [6, 6.07) is 10.2. The molecule has 4 heteroatoms. The molecule has 20 heavy (non-hydrogen) atoms. The molecule has 2 aromatic rings. The zero-order chi connectivity index (χ0) is 14.7. The fourth-order valence-corrected chi connectivity index (χ4v) is 2.72. The molecule has 0 radical (unpaired) electrons. The van der Waals surface area contributed by atoms with E-state index in [1.165, 1.54) is 12.1 Å². The minimum Gasteiger partial charge on any atom is -0.313 e. The van der Waals surface area contributed by atoms with E-state index >= 15 is 0 Å². The van der Waals surface area contributed by atoms with E-state index in [9.17, 15) is 8.78 Å². The third kappa shape index (κ3) is 3.44. The van der Waals surface area contributed by atoms with Crippen LogP contribution in [0, 0.1) is 18.6 Å². The van der Waals surface area contributed by atoms with E-state index in [1.807, 2.05) is 26.1 Å². The molecule has 0 saturated carbocycles. The lowest BCUT2D eigenvalue weighted by Gasteiger charge is -2.19. The average molecular weight is 340 g/mol. The van der Waals surface area contributed by atoms with Crippen molar-refractivity contribution in [2.24, 2.45) is 0 Å². The molecular formula is C16H16BrF2N. The molecule has 0 heterocycles. The zero-order valence-electron chi connectivity index (χ0n) is 11.4. The summed E-state index contributed by atoms with van der Waals surface area (Å²) in [5, 5.41) is 3.22. The Kier molecular flexibility index (Phi) is 4.89. The van der Waals surface area contributed by atoms with E-state index in [1.54, 1.807) is 6.07 Å². The number of rotatable bonds is 4. The third-order valence-electron chi connectivity index (χ3n) is 3.30. The van der Waals surface area contributed by atoms with Gasteiger partial charge in [-0.2, -0.15) is 0 Å². The van der Waals surface area contributed by atoms with Crippen molar-refractivity contribution >= 4 is 15.9 Å². The first-order chi connectivity index (χ1) is 9.51. The summed E-state index contributed by atoms with van der Waals surface area (Å²) in [7, 11) is 1.86. The second kappa shape index (κ2) is 6.46. The molecule has 0 aliphatic rings. The molecule has 0 aliphatic carbocycles. The van der Waals surface area contributed by atoms with Crippen LogP contribution in [0.1, 0.15) is 22.7 Å². The Morgan fingerprint density at radius 1 is 1.10 bits per heavy atom. The molecule has 2 rings (SSSR count). The van der Waals surface area contributed by atoms with Crippen LogP contribution in [0.15, 0.2) is 40.9 Å². The highest BCUT2D eigenvalue weighted by Gasteiger charge is 2.14. The molecule has 1 unspecified atom stereocenters. The van der Waals surface area contributed by atoms with Crippen LogP contribution in [0.5, 0.6) is 0 Å². The van der Waals surface area contributed by atoms with Crippen LogP contribution in [0.3, 0.4) is 0 Å². The van der Waals surface area contributed by atoms with Crippen molar-refractivity contribution in [3.63, 3.8) is 0 Å². The highest BCUT2D eigenvalue weighted by atomic mass is 79.9. The van der Waals surface area contributed by atoms with Gasteiger partial charge in [0.1, 0.15) is 0 Å². The molecule has 1 nitrogen and oxygen atoms in total. The van der Waals surface area contributed by atoms with Gasteiger partial charge in [0.25, 0.3) is 0 Å². The van der Waals surface area contributed by atoms with Crippen LogP contribution in [-0.4, -0.2) is 7.05 Å². The van der Waals surface area contributed by atoms with Crippen molar-refractivity contribution < 1.29 is 8.78 Å². The molecule has 0 bridgehead atoms. The number of benzene rings is 2. The molecule has 0 aromatic heterocycles. The number of likely N-dealkylation sites (N-methyl/N-ethyl adjacent to an activating group) is 1. The van der Waals surface area contributed by atoms with Crippen LogP contribution in [0.4, 0.5) is 8.78 Å². The number of hydrogen-bond donors (Lipinski definition) is 1. The largest absolute Gasteiger partial charge is 0.313 e. The molecule has 0 fully saturated rings. The Hall–Kier alpha value is -1.26. The van der Waals surface area contributed by atoms with Crippen LogP contribution in [-0.2, 0) is 6.42 Å². The van der Waals surface area contributed by atoms with Gasteiger partial charge in [0.2, 0.25) is 0 Å². The lowest BCUT2D eigenvalue weighted by atomic mass is 9.97. The van der Waals surface area contributed by atoms with Crippen molar-refractivity contribution in [3.8, 4) is 0 Å². The van der Waals surface area contributed by atoms with Crippen LogP contribution >= 0.6 is 15.9 Å². The Morgan fingerprint density at radius 3 is 2.50 bits per heavy atom. The average Bonchev–Trinajstić information content (AvgIpc) is 2.43. The lowest BCUT2D eigenvalue weighted by Crippen LogP contribution is -2.19. The van der Waals surface area contributed by atoms with Crippen molar-refractivity contribution in [1.29, 1.82) is 0 Å². The Bertz CT molecular complexity index is 613. The summed E-state index contributed by atoms with van der Waals surface area (Å²) in [4.78, 5) is 0. The predicted molar refractivity (Wildman–Crippen MR) is 80.7 cm³/mol. The fourth-order valence-electron chi connectivity index (χ4n) is 2.20. The van der Waals surface area contributed by atoms with Crippen molar-refractivity contribution in [2.45, 2.75) is 19.4 Å². The van der Waals surface area contributed by atoms with Crippen molar-refractivity contribution in [2.75, 3.05) is 7.05 Å². The Balaban J connectivity index is 2.28. The topological polar surface area (TPSA) is 12.0 Å². The molecule has 0 aliphatic heterocycles. The first kappa shape index (κ1) is 15.1. The molecular weight excluding hydrogens is 324 g/mol. The van der Waals surface area contributed by atoms with Crippen LogP contribution in [0.2, 0.25) is 0 Å². The molecule has 0 saturated heterocycles. The smallest absolute Gasteiger partial charge is 0.159 e. The number of nitrogens with one attached hydrogen (secondary N) is 1. The second-order valence-electron chi connectivity index (χ2n) is 4.82. The predicted octanol–water partition coefficient (Wildman–Crippen LogP) is 4.54. The summed E-state index contributed by atoms with van der Waals surface area (Å²) in [6.45, 7) is 2.03. The lowest BCUT2D eigenvalue weighted by molar-refractivity contribution is 0.504. The highest BCUT2D eigenvalue weighted by molar-refractivity contribution is 9.10. The first-order valence-corrected chi connectivity index (χ1v) is 7.18. The summed E-state index contributed by atoms with van der Waals surface area (Å²) >= 11 is 3.54. The Morgan fingerprint density at radius 2 is 1.85 bits per heavy atom. The minimum absolute atomic E-state index is 0.0362. The number of halogens is 3. The van der Waals surface area contributed by atoms with Crippen molar-refractivity contribution in [3.05, 3.63) is 69.2 Å².